The molecule has 32 heavy (non-hydrogen) atoms. The average molecular weight is 433 g/mol. The maximum absolute atomic E-state index is 15.0. The minimum Gasteiger partial charge on any atom is -0.478 e. The highest BCUT2D eigenvalue weighted by atomic mass is 19.1. The van der Waals surface area contributed by atoms with Crippen LogP contribution in [0.15, 0.2) is 54.9 Å². The van der Waals surface area contributed by atoms with Gasteiger partial charge >= 0.3 is 5.97 Å². The van der Waals surface area contributed by atoms with Crippen molar-refractivity contribution >= 4 is 22.7 Å². The van der Waals surface area contributed by atoms with Crippen molar-refractivity contribution in [3.63, 3.8) is 0 Å². The number of anilines is 1. The van der Waals surface area contributed by atoms with Gasteiger partial charge in [0.1, 0.15) is 11.6 Å². The molecule has 4 aromatic rings. The molecule has 0 bridgehead atoms. The third-order valence-corrected chi connectivity index (χ3v) is 5.41. The molecule has 0 atom stereocenters. The van der Waals surface area contributed by atoms with Crippen LogP contribution in [0.2, 0.25) is 0 Å². The summed E-state index contributed by atoms with van der Waals surface area (Å²) in [5.74, 6) is -0.621. The van der Waals surface area contributed by atoms with Gasteiger partial charge in [-0.15, -0.1) is 0 Å². The average Bonchev–Trinajstić information content (AvgIpc) is 3.31. The van der Waals surface area contributed by atoms with Crippen LogP contribution in [0.25, 0.3) is 16.9 Å². The summed E-state index contributed by atoms with van der Waals surface area (Å²) in [6, 6.07) is 12.9. The van der Waals surface area contributed by atoms with Gasteiger partial charge in [0.05, 0.1) is 30.5 Å². The Balaban J connectivity index is 1.64. The van der Waals surface area contributed by atoms with E-state index in [0.717, 1.165) is 10.9 Å². The van der Waals surface area contributed by atoms with Crippen molar-refractivity contribution in [2.24, 2.45) is 0 Å². The summed E-state index contributed by atoms with van der Waals surface area (Å²) < 4.78 is 21.8. The van der Waals surface area contributed by atoms with Gasteiger partial charge in [-0.05, 0) is 17.2 Å². The van der Waals surface area contributed by atoms with Crippen molar-refractivity contribution in [1.82, 2.24) is 19.7 Å². The molecule has 162 valence electrons. The van der Waals surface area contributed by atoms with Crippen molar-refractivity contribution in [3.05, 3.63) is 77.4 Å². The smallest absolute Gasteiger partial charge is 0.338 e. The van der Waals surface area contributed by atoms with E-state index in [4.69, 9.17) is 4.74 Å². The minimum atomic E-state index is -1.10. The van der Waals surface area contributed by atoms with Crippen LogP contribution >= 0.6 is 0 Å². The third-order valence-electron chi connectivity index (χ3n) is 5.41. The van der Waals surface area contributed by atoms with E-state index >= 15 is 4.39 Å². The standard InChI is InChI=1S/C23H20FN5O3/c24-19-12-20-18(11-16(19)10-15-4-2-1-3-5-15)21(28-6-8-32-9-7-28)27-23(26-20)29-14-17(13-25-29)22(30)31/h1-5,11-14H,6-10H2,(H,30,31). The number of benzene rings is 2. The Kier molecular flexibility index (Phi) is 5.24. The van der Waals surface area contributed by atoms with E-state index in [1.54, 1.807) is 6.07 Å². The number of carboxylic acids is 1. The van der Waals surface area contributed by atoms with Gasteiger partial charge in [0, 0.05) is 37.2 Å². The molecule has 1 aliphatic rings. The van der Waals surface area contributed by atoms with Gasteiger partial charge in [-0.3, -0.25) is 0 Å². The summed E-state index contributed by atoms with van der Waals surface area (Å²) in [5, 5.41) is 14.0. The van der Waals surface area contributed by atoms with Gasteiger partial charge in [0.15, 0.2) is 0 Å². The largest absolute Gasteiger partial charge is 0.478 e. The summed E-state index contributed by atoms with van der Waals surface area (Å²) >= 11 is 0. The van der Waals surface area contributed by atoms with Crippen LogP contribution in [0.5, 0.6) is 0 Å². The van der Waals surface area contributed by atoms with Crippen molar-refractivity contribution in [2.45, 2.75) is 6.42 Å². The third kappa shape index (κ3) is 3.90. The van der Waals surface area contributed by atoms with E-state index in [0.29, 0.717) is 49.6 Å². The number of aromatic carboxylic acids is 1. The van der Waals surface area contributed by atoms with Crippen LogP contribution in [-0.2, 0) is 11.2 Å². The number of halogens is 1. The second-order valence-electron chi connectivity index (χ2n) is 7.55. The Labute approximate surface area is 182 Å². The van der Waals surface area contributed by atoms with Crippen LogP contribution in [-0.4, -0.2) is 57.1 Å². The van der Waals surface area contributed by atoms with Crippen LogP contribution < -0.4 is 4.90 Å². The maximum atomic E-state index is 15.0. The van der Waals surface area contributed by atoms with E-state index in [1.807, 2.05) is 30.3 Å². The number of morpholine rings is 1. The summed E-state index contributed by atoms with van der Waals surface area (Å²) in [6.07, 6.45) is 3.02. The van der Waals surface area contributed by atoms with E-state index in [-0.39, 0.29) is 17.3 Å². The summed E-state index contributed by atoms with van der Waals surface area (Å²) in [7, 11) is 0. The Morgan fingerprint density at radius 1 is 1.12 bits per heavy atom. The van der Waals surface area contributed by atoms with Crippen LogP contribution in [0.1, 0.15) is 21.5 Å². The quantitative estimate of drug-likeness (QED) is 0.517. The van der Waals surface area contributed by atoms with Gasteiger partial charge in [0.2, 0.25) is 0 Å². The molecule has 5 rings (SSSR count). The van der Waals surface area contributed by atoms with Gasteiger partial charge in [-0.1, -0.05) is 30.3 Å². The van der Waals surface area contributed by atoms with Crippen LogP contribution in [0, 0.1) is 5.82 Å². The molecule has 2 aromatic heterocycles. The number of nitrogens with zero attached hydrogens (tertiary/aromatic N) is 5. The fourth-order valence-electron chi connectivity index (χ4n) is 3.78. The highest BCUT2D eigenvalue weighted by molar-refractivity contribution is 5.91. The number of rotatable bonds is 5. The number of carboxylic acid groups (broad SMARTS) is 1. The monoisotopic (exact) mass is 433 g/mol. The Bertz CT molecular complexity index is 1290. The Morgan fingerprint density at radius 2 is 1.91 bits per heavy atom. The number of aromatic nitrogens is 4. The van der Waals surface area contributed by atoms with Crippen molar-refractivity contribution < 1.29 is 19.0 Å². The van der Waals surface area contributed by atoms with Gasteiger partial charge in [0.25, 0.3) is 5.95 Å². The van der Waals surface area contributed by atoms with Crippen LogP contribution in [0.3, 0.4) is 0 Å². The molecule has 0 unspecified atom stereocenters. The predicted molar refractivity (Wildman–Crippen MR) is 116 cm³/mol. The molecule has 8 nitrogen and oxygen atoms in total. The zero-order chi connectivity index (χ0) is 22.1. The molecule has 9 heteroatoms. The lowest BCUT2D eigenvalue weighted by Crippen LogP contribution is -2.37. The first-order chi connectivity index (χ1) is 15.6. The molecule has 2 aromatic carbocycles. The molecular formula is C23H20FN5O3. The number of fused-ring (bicyclic) bond motifs is 1. The fraction of sp³-hybridized carbons (Fsp3) is 0.217. The minimum absolute atomic E-state index is 0.0195. The first kappa shape index (κ1) is 20.1. The van der Waals surface area contributed by atoms with Crippen molar-refractivity contribution in [3.8, 4) is 5.95 Å². The normalized spacial score (nSPS) is 14.1. The molecular weight excluding hydrogens is 413 g/mol. The van der Waals surface area contributed by atoms with E-state index in [1.165, 1.54) is 23.1 Å². The molecule has 0 amide bonds. The van der Waals surface area contributed by atoms with Gasteiger partial charge in [-0.25, -0.2) is 18.9 Å². The maximum Gasteiger partial charge on any atom is 0.338 e. The fourth-order valence-corrected chi connectivity index (χ4v) is 3.78. The Morgan fingerprint density at radius 3 is 2.62 bits per heavy atom. The highest BCUT2D eigenvalue weighted by Crippen LogP contribution is 2.29. The molecule has 0 radical (unpaired) electrons. The number of hydrogen-bond donors (Lipinski definition) is 1. The molecule has 0 aliphatic carbocycles. The van der Waals surface area contributed by atoms with Gasteiger partial charge < -0.3 is 14.7 Å². The molecule has 3 heterocycles. The number of ether oxygens (including phenoxy) is 1. The molecule has 1 fully saturated rings. The van der Waals surface area contributed by atoms with Crippen molar-refractivity contribution in [2.75, 3.05) is 31.2 Å². The van der Waals surface area contributed by atoms with E-state index in [9.17, 15) is 9.90 Å². The molecule has 1 aliphatic heterocycles. The predicted octanol–water partition coefficient (Wildman–Crippen LogP) is 3.08. The van der Waals surface area contributed by atoms with E-state index < -0.39 is 5.97 Å². The first-order valence-corrected chi connectivity index (χ1v) is 10.2. The highest BCUT2D eigenvalue weighted by Gasteiger charge is 2.20. The van der Waals surface area contributed by atoms with Crippen LogP contribution in [0.4, 0.5) is 10.2 Å². The second kappa shape index (κ2) is 8.35. The lowest BCUT2D eigenvalue weighted by Gasteiger charge is -2.29. The number of hydrogen-bond acceptors (Lipinski definition) is 6. The summed E-state index contributed by atoms with van der Waals surface area (Å²) in [4.78, 5) is 22.5. The lowest BCUT2D eigenvalue weighted by atomic mass is 10.0. The number of carbonyl (C=O) groups is 1. The Hall–Kier alpha value is -3.85. The second-order valence-corrected chi connectivity index (χ2v) is 7.55. The zero-order valence-electron chi connectivity index (χ0n) is 17.1. The van der Waals surface area contributed by atoms with Gasteiger partial charge in [-0.2, -0.15) is 10.1 Å². The SMILES string of the molecule is O=C(O)c1cnn(-c2nc(N3CCOCC3)c3cc(Cc4ccccc4)c(F)cc3n2)c1. The lowest BCUT2D eigenvalue weighted by molar-refractivity contribution is 0.0697. The summed E-state index contributed by atoms with van der Waals surface area (Å²) in [6.45, 7) is 2.39. The first-order valence-electron chi connectivity index (χ1n) is 10.2. The molecule has 1 N–H and O–H groups in total. The molecule has 0 saturated carbocycles. The molecule has 0 spiro atoms. The molecule has 1 saturated heterocycles. The topological polar surface area (TPSA) is 93.4 Å². The zero-order valence-corrected chi connectivity index (χ0v) is 17.1. The van der Waals surface area contributed by atoms with Crippen molar-refractivity contribution in [1.29, 1.82) is 0 Å². The summed E-state index contributed by atoms with van der Waals surface area (Å²) in [5.41, 5.74) is 2.01. The van der Waals surface area contributed by atoms with E-state index in [2.05, 4.69) is 20.0 Å².